The Kier molecular flexibility index (Phi) is 7.33. The van der Waals surface area contributed by atoms with E-state index in [9.17, 15) is 4.79 Å². The molecule has 2 amide bonds. The molecule has 0 fully saturated rings. The van der Waals surface area contributed by atoms with Gasteiger partial charge in [0, 0.05) is 6.54 Å². The van der Waals surface area contributed by atoms with Gasteiger partial charge in [0.2, 0.25) is 0 Å². The van der Waals surface area contributed by atoms with Crippen LogP contribution in [0.15, 0.2) is 36.4 Å². The van der Waals surface area contributed by atoms with E-state index in [4.69, 9.17) is 9.47 Å². The van der Waals surface area contributed by atoms with Gasteiger partial charge in [0.15, 0.2) is 0 Å². The summed E-state index contributed by atoms with van der Waals surface area (Å²) in [6, 6.07) is 11.8. The van der Waals surface area contributed by atoms with Crippen molar-refractivity contribution >= 4 is 6.03 Å². The molecule has 5 nitrogen and oxygen atoms in total. The van der Waals surface area contributed by atoms with E-state index in [1.54, 1.807) is 7.11 Å². The lowest BCUT2D eigenvalue weighted by Crippen LogP contribution is -2.38. The molecule has 0 bridgehead atoms. The van der Waals surface area contributed by atoms with E-state index in [-0.39, 0.29) is 6.03 Å². The Morgan fingerprint density at radius 3 is 2.42 bits per heavy atom. The number of ether oxygens (including phenoxy) is 2. The number of urea groups is 1. The van der Waals surface area contributed by atoms with Crippen molar-refractivity contribution in [3.05, 3.63) is 58.7 Å². The normalized spacial score (nSPS) is 10.3. The van der Waals surface area contributed by atoms with Crippen molar-refractivity contribution in [2.75, 3.05) is 26.8 Å². The molecule has 140 valence electrons. The molecule has 0 radical (unpaired) electrons. The SMILES string of the molecule is COc1ccccc1CCNC(=O)NCCOc1c(C)ccc(C)c1C. The maximum absolute atomic E-state index is 11.9. The third-order valence-electron chi connectivity index (χ3n) is 4.38. The quantitative estimate of drug-likeness (QED) is 0.711. The highest BCUT2D eigenvalue weighted by molar-refractivity contribution is 5.73. The number of aryl methyl sites for hydroxylation is 2. The molecule has 2 N–H and O–H groups in total. The largest absolute Gasteiger partial charge is 0.496 e. The molecule has 2 aromatic rings. The van der Waals surface area contributed by atoms with Crippen molar-refractivity contribution in [1.29, 1.82) is 0 Å². The Labute approximate surface area is 155 Å². The van der Waals surface area contributed by atoms with Gasteiger partial charge < -0.3 is 20.1 Å². The molecule has 0 atom stereocenters. The van der Waals surface area contributed by atoms with Crippen LogP contribution in [0.1, 0.15) is 22.3 Å². The van der Waals surface area contributed by atoms with Gasteiger partial charge >= 0.3 is 6.03 Å². The van der Waals surface area contributed by atoms with Crippen LogP contribution in [0.25, 0.3) is 0 Å². The topological polar surface area (TPSA) is 59.6 Å². The zero-order valence-electron chi connectivity index (χ0n) is 16.0. The van der Waals surface area contributed by atoms with Gasteiger partial charge in [-0.2, -0.15) is 0 Å². The average Bonchev–Trinajstić information content (AvgIpc) is 2.64. The van der Waals surface area contributed by atoms with Crippen LogP contribution in [0.2, 0.25) is 0 Å². The molecule has 0 saturated carbocycles. The number of carbonyl (C=O) groups excluding carboxylic acids is 1. The lowest BCUT2D eigenvalue weighted by Gasteiger charge is -2.14. The molecule has 0 saturated heterocycles. The first-order chi connectivity index (χ1) is 12.5. The van der Waals surface area contributed by atoms with E-state index in [1.807, 2.05) is 31.2 Å². The third-order valence-corrected chi connectivity index (χ3v) is 4.38. The lowest BCUT2D eigenvalue weighted by atomic mass is 10.1. The maximum atomic E-state index is 11.9. The summed E-state index contributed by atoms with van der Waals surface area (Å²) in [5.41, 5.74) is 4.53. The van der Waals surface area contributed by atoms with Crippen molar-refractivity contribution < 1.29 is 14.3 Å². The summed E-state index contributed by atoms with van der Waals surface area (Å²) in [6.45, 7) is 7.58. The molecule has 26 heavy (non-hydrogen) atoms. The van der Waals surface area contributed by atoms with Crippen LogP contribution in [0, 0.1) is 20.8 Å². The van der Waals surface area contributed by atoms with Crippen molar-refractivity contribution in [1.82, 2.24) is 10.6 Å². The molecule has 0 heterocycles. The Bertz CT molecular complexity index is 744. The van der Waals surface area contributed by atoms with Gasteiger partial charge in [-0.1, -0.05) is 30.3 Å². The summed E-state index contributed by atoms with van der Waals surface area (Å²) < 4.78 is 11.2. The molecule has 0 unspecified atom stereocenters. The van der Waals surface area contributed by atoms with Gasteiger partial charge in [0.25, 0.3) is 0 Å². The number of rotatable bonds is 8. The van der Waals surface area contributed by atoms with E-state index < -0.39 is 0 Å². The molecule has 2 rings (SSSR count). The molecule has 0 aliphatic heterocycles. The second kappa shape index (κ2) is 9.70. The summed E-state index contributed by atoms with van der Waals surface area (Å²) in [6.07, 6.45) is 0.718. The second-order valence-electron chi connectivity index (χ2n) is 6.25. The van der Waals surface area contributed by atoms with Gasteiger partial charge in [-0.15, -0.1) is 0 Å². The third kappa shape index (κ3) is 5.41. The summed E-state index contributed by atoms with van der Waals surface area (Å²) in [4.78, 5) is 11.9. The standard InChI is InChI=1S/C21H28N2O3/c1-15-9-10-16(2)20(17(15)3)26-14-13-23-21(24)22-12-11-18-7-5-6-8-19(18)25-4/h5-10H,11-14H2,1-4H3,(H2,22,23,24). The molecule has 0 aliphatic carbocycles. The number of amides is 2. The summed E-state index contributed by atoms with van der Waals surface area (Å²) in [5, 5.41) is 5.67. The Balaban J connectivity index is 1.69. The van der Waals surface area contributed by atoms with Crippen LogP contribution in [0.3, 0.4) is 0 Å². The minimum Gasteiger partial charge on any atom is -0.496 e. The van der Waals surface area contributed by atoms with E-state index in [2.05, 4.69) is 36.6 Å². The van der Waals surface area contributed by atoms with Gasteiger partial charge in [0.05, 0.1) is 13.7 Å². The van der Waals surface area contributed by atoms with Gasteiger partial charge in [-0.05, 0) is 55.5 Å². The summed E-state index contributed by atoms with van der Waals surface area (Å²) in [5.74, 6) is 1.75. The first-order valence-electron chi connectivity index (χ1n) is 8.86. The fourth-order valence-electron chi connectivity index (χ4n) is 2.75. The molecule has 0 aromatic heterocycles. The van der Waals surface area contributed by atoms with Crippen molar-refractivity contribution in [2.45, 2.75) is 27.2 Å². The van der Waals surface area contributed by atoms with Crippen LogP contribution < -0.4 is 20.1 Å². The minimum absolute atomic E-state index is 0.193. The van der Waals surface area contributed by atoms with Gasteiger partial charge in [-0.25, -0.2) is 4.79 Å². The molecule has 5 heteroatoms. The molecule has 2 aromatic carbocycles. The van der Waals surface area contributed by atoms with Crippen molar-refractivity contribution in [3.63, 3.8) is 0 Å². The van der Waals surface area contributed by atoms with Crippen LogP contribution in [0.5, 0.6) is 11.5 Å². The van der Waals surface area contributed by atoms with Crippen LogP contribution >= 0.6 is 0 Å². The van der Waals surface area contributed by atoms with E-state index >= 15 is 0 Å². The Morgan fingerprint density at radius 2 is 1.65 bits per heavy atom. The lowest BCUT2D eigenvalue weighted by molar-refractivity contribution is 0.236. The monoisotopic (exact) mass is 356 g/mol. The number of carbonyl (C=O) groups is 1. The van der Waals surface area contributed by atoms with E-state index in [0.717, 1.165) is 34.6 Å². The average molecular weight is 356 g/mol. The predicted octanol–water partition coefficient (Wildman–Crippen LogP) is 3.54. The number of para-hydroxylation sites is 1. The zero-order valence-corrected chi connectivity index (χ0v) is 16.0. The number of benzene rings is 2. The van der Waals surface area contributed by atoms with E-state index in [1.165, 1.54) is 5.56 Å². The predicted molar refractivity (Wildman–Crippen MR) is 104 cm³/mol. The molecular formula is C21H28N2O3. The number of hydrogen-bond donors (Lipinski definition) is 2. The number of methoxy groups -OCH3 is 1. The second-order valence-corrected chi connectivity index (χ2v) is 6.25. The Morgan fingerprint density at radius 1 is 0.962 bits per heavy atom. The minimum atomic E-state index is -0.193. The molecular weight excluding hydrogens is 328 g/mol. The summed E-state index contributed by atoms with van der Waals surface area (Å²) >= 11 is 0. The van der Waals surface area contributed by atoms with Crippen LogP contribution in [0.4, 0.5) is 4.79 Å². The van der Waals surface area contributed by atoms with Gasteiger partial charge in [0.1, 0.15) is 18.1 Å². The van der Waals surface area contributed by atoms with E-state index in [0.29, 0.717) is 19.7 Å². The molecule has 0 aliphatic rings. The smallest absolute Gasteiger partial charge is 0.314 e. The van der Waals surface area contributed by atoms with Crippen LogP contribution in [-0.4, -0.2) is 32.8 Å². The number of nitrogens with one attached hydrogen (secondary N) is 2. The van der Waals surface area contributed by atoms with Crippen molar-refractivity contribution in [3.8, 4) is 11.5 Å². The fourth-order valence-corrected chi connectivity index (χ4v) is 2.75. The van der Waals surface area contributed by atoms with Crippen molar-refractivity contribution in [2.24, 2.45) is 0 Å². The highest BCUT2D eigenvalue weighted by Gasteiger charge is 2.07. The van der Waals surface area contributed by atoms with Crippen LogP contribution in [-0.2, 0) is 6.42 Å². The first kappa shape index (κ1) is 19.6. The zero-order chi connectivity index (χ0) is 18.9. The Hall–Kier alpha value is -2.69. The maximum Gasteiger partial charge on any atom is 0.314 e. The highest BCUT2D eigenvalue weighted by atomic mass is 16.5. The fraction of sp³-hybridized carbons (Fsp3) is 0.381. The summed E-state index contributed by atoms with van der Waals surface area (Å²) in [7, 11) is 1.65. The van der Waals surface area contributed by atoms with Gasteiger partial charge in [-0.3, -0.25) is 0 Å². The number of hydrogen-bond acceptors (Lipinski definition) is 3. The highest BCUT2D eigenvalue weighted by Crippen LogP contribution is 2.25. The first-order valence-corrected chi connectivity index (χ1v) is 8.86. The molecule has 0 spiro atoms.